The third-order valence-electron chi connectivity index (χ3n) is 4.61. The molecule has 1 saturated carbocycles. The third kappa shape index (κ3) is 3.41. The summed E-state index contributed by atoms with van der Waals surface area (Å²) >= 11 is 0. The van der Waals surface area contributed by atoms with E-state index in [0.29, 0.717) is 5.92 Å². The van der Waals surface area contributed by atoms with Crippen LogP contribution in [0.15, 0.2) is 12.1 Å². The highest BCUT2D eigenvalue weighted by Gasteiger charge is 2.31. The monoisotopic (exact) mass is 277 g/mol. The quantitative estimate of drug-likeness (QED) is 0.805. The second-order valence-electron chi connectivity index (χ2n) is 6.59. The molecule has 0 radical (unpaired) electrons. The van der Waals surface area contributed by atoms with Gasteiger partial charge in [-0.15, -0.1) is 0 Å². The molecule has 0 bridgehead atoms. The summed E-state index contributed by atoms with van der Waals surface area (Å²) in [7, 11) is 0. The first-order valence-corrected chi connectivity index (χ1v) is 8.03. The number of hydrogen-bond acceptors (Lipinski definition) is 1. The van der Waals surface area contributed by atoms with Crippen molar-refractivity contribution in [1.29, 1.82) is 0 Å². The van der Waals surface area contributed by atoms with Crippen LogP contribution in [0.4, 0.5) is 4.39 Å². The second-order valence-corrected chi connectivity index (χ2v) is 6.59. The van der Waals surface area contributed by atoms with Crippen LogP contribution in [0.5, 0.6) is 0 Å². The molecule has 1 aliphatic carbocycles. The predicted molar refractivity (Wildman–Crippen MR) is 83.4 cm³/mol. The first-order chi connectivity index (χ1) is 9.52. The van der Waals surface area contributed by atoms with Crippen LogP contribution >= 0.6 is 0 Å². The fourth-order valence-electron chi connectivity index (χ4n) is 3.68. The molecular formula is C18H28FN. The minimum absolute atomic E-state index is 0.0318. The maximum absolute atomic E-state index is 14.5. The van der Waals surface area contributed by atoms with Crippen LogP contribution in [0.1, 0.15) is 62.3 Å². The van der Waals surface area contributed by atoms with E-state index in [0.717, 1.165) is 35.6 Å². The molecule has 0 saturated heterocycles. The van der Waals surface area contributed by atoms with E-state index in [1.54, 1.807) is 6.07 Å². The maximum atomic E-state index is 14.5. The van der Waals surface area contributed by atoms with Crippen molar-refractivity contribution in [2.75, 3.05) is 6.54 Å². The number of aryl methyl sites for hydroxylation is 2. The van der Waals surface area contributed by atoms with Gasteiger partial charge in [-0.3, -0.25) is 0 Å². The summed E-state index contributed by atoms with van der Waals surface area (Å²) in [6, 6.07) is 3.97. The summed E-state index contributed by atoms with van der Waals surface area (Å²) in [5.41, 5.74) is 3.01. The van der Waals surface area contributed by atoms with Crippen LogP contribution in [-0.2, 0) is 0 Å². The van der Waals surface area contributed by atoms with Crippen LogP contribution in [0.25, 0.3) is 0 Å². The lowest BCUT2D eigenvalue weighted by atomic mass is 9.87. The number of halogens is 1. The van der Waals surface area contributed by atoms with Gasteiger partial charge in [0.15, 0.2) is 0 Å². The smallest absolute Gasteiger partial charge is 0.128 e. The van der Waals surface area contributed by atoms with Gasteiger partial charge in [0.05, 0.1) is 0 Å². The summed E-state index contributed by atoms with van der Waals surface area (Å²) in [6.45, 7) is 9.45. The molecule has 3 atom stereocenters. The highest BCUT2D eigenvalue weighted by Crippen LogP contribution is 2.40. The normalized spacial score (nSPS) is 24.1. The van der Waals surface area contributed by atoms with Gasteiger partial charge >= 0.3 is 0 Å². The van der Waals surface area contributed by atoms with Crippen molar-refractivity contribution in [3.63, 3.8) is 0 Å². The molecule has 2 rings (SSSR count). The molecule has 112 valence electrons. The SMILES string of the molecule is CCCNC(c1c(C)cc(C)cc1F)C1CCC(C)C1. The van der Waals surface area contributed by atoms with E-state index in [1.807, 2.05) is 13.8 Å². The summed E-state index contributed by atoms with van der Waals surface area (Å²) in [6.07, 6.45) is 4.80. The van der Waals surface area contributed by atoms with Crippen molar-refractivity contribution in [2.24, 2.45) is 11.8 Å². The fourth-order valence-corrected chi connectivity index (χ4v) is 3.68. The Morgan fingerprint density at radius 3 is 2.60 bits per heavy atom. The molecule has 1 N–H and O–H groups in total. The highest BCUT2D eigenvalue weighted by molar-refractivity contribution is 5.35. The lowest BCUT2D eigenvalue weighted by molar-refractivity contribution is 0.348. The van der Waals surface area contributed by atoms with Gasteiger partial charge in [0.1, 0.15) is 5.82 Å². The van der Waals surface area contributed by atoms with Crippen LogP contribution in [0, 0.1) is 31.5 Å². The predicted octanol–water partition coefficient (Wildman–Crippen LogP) is 4.92. The molecule has 1 aliphatic rings. The molecule has 2 heteroatoms. The zero-order valence-corrected chi connectivity index (χ0v) is 13.3. The first-order valence-electron chi connectivity index (χ1n) is 8.03. The van der Waals surface area contributed by atoms with Crippen LogP contribution in [-0.4, -0.2) is 6.54 Å². The van der Waals surface area contributed by atoms with Crippen molar-refractivity contribution >= 4 is 0 Å². The molecule has 0 aromatic heterocycles. The van der Waals surface area contributed by atoms with Gasteiger partial charge in [0.25, 0.3) is 0 Å². The average Bonchev–Trinajstić information content (AvgIpc) is 2.78. The standard InChI is InChI=1S/C18H28FN/c1-5-8-20-18(15-7-6-12(2)10-15)17-14(4)9-13(3)11-16(17)19/h9,11-12,15,18,20H,5-8,10H2,1-4H3. The van der Waals surface area contributed by atoms with E-state index >= 15 is 0 Å². The van der Waals surface area contributed by atoms with E-state index in [-0.39, 0.29) is 11.9 Å². The average molecular weight is 277 g/mol. The third-order valence-corrected chi connectivity index (χ3v) is 4.61. The van der Waals surface area contributed by atoms with Crippen molar-refractivity contribution in [2.45, 2.75) is 59.4 Å². The molecule has 1 aromatic rings. The van der Waals surface area contributed by atoms with Gasteiger partial charge in [0.2, 0.25) is 0 Å². The van der Waals surface area contributed by atoms with Crippen LogP contribution < -0.4 is 5.32 Å². The van der Waals surface area contributed by atoms with Gasteiger partial charge in [-0.25, -0.2) is 4.39 Å². The topological polar surface area (TPSA) is 12.0 Å². The zero-order chi connectivity index (χ0) is 14.7. The Morgan fingerprint density at radius 2 is 2.05 bits per heavy atom. The van der Waals surface area contributed by atoms with Gasteiger partial charge in [0, 0.05) is 11.6 Å². The van der Waals surface area contributed by atoms with Gasteiger partial charge in [-0.2, -0.15) is 0 Å². The summed E-state index contributed by atoms with van der Waals surface area (Å²) in [5, 5.41) is 3.61. The maximum Gasteiger partial charge on any atom is 0.128 e. The summed E-state index contributed by atoms with van der Waals surface area (Å²) < 4.78 is 14.5. The molecular weight excluding hydrogens is 249 g/mol. The Labute approximate surface area is 123 Å². The minimum Gasteiger partial charge on any atom is -0.310 e. The van der Waals surface area contributed by atoms with Gasteiger partial charge in [-0.1, -0.05) is 26.3 Å². The Morgan fingerprint density at radius 1 is 1.30 bits per heavy atom. The molecule has 0 amide bonds. The lowest BCUT2D eigenvalue weighted by Gasteiger charge is -2.27. The second kappa shape index (κ2) is 6.71. The number of nitrogens with one attached hydrogen (secondary N) is 1. The van der Waals surface area contributed by atoms with Crippen molar-refractivity contribution in [1.82, 2.24) is 5.32 Å². The summed E-state index contributed by atoms with van der Waals surface area (Å²) in [5.74, 6) is 1.32. The minimum atomic E-state index is -0.0318. The molecule has 1 fully saturated rings. The van der Waals surface area contributed by atoms with E-state index in [2.05, 4.69) is 25.2 Å². The molecule has 3 unspecified atom stereocenters. The van der Waals surface area contributed by atoms with Crippen molar-refractivity contribution in [3.05, 3.63) is 34.6 Å². The highest BCUT2D eigenvalue weighted by atomic mass is 19.1. The van der Waals surface area contributed by atoms with Gasteiger partial charge in [-0.05, 0) is 68.7 Å². The van der Waals surface area contributed by atoms with Crippen molar-refractivity contribution in [3.8, 4) is 0 Å². The van der Waals surface area contributed by atoms with Crippen molar-refractivity contribution < 1.29 is 4.39 Å². The molecule has 20 heavy (non-hydrogen) atoms. The largest absolute Gasteiger partial charge is 0.310 e. The lowest BCUT2D eigenvalue weighted by Crippen LogP contribution is -2.29. The summed E-state index contributed by atoms with van der Waals surface area (Å²) in [4.78, 5) is 0. The first kappa shape index (κ1) is 15.5. The Kier molecular flexibility index (Phi) is 5.20. The number of benzene rings is 1. The Bertz CT molecular complexity index is 432. The molecule has 1 nitrogen and oxygen atoms in total. The fraction of sp³-hybridized carbons (Fsp3) is 0.667. The van der Waals surface area contributed by atoms with Crippen LogP contribution in [0.3, 0.4) is 0 Å². The van der Waals surface area contributed by atoms with E-state index in [4.69, 9.17) is 0 Å². The van der Waals surface area contributed by atoms with Crippen LogP contribution in [0.2, 0.25) is 0 Å². The van der Waals surface area contributed by atoms with E-state index in [1.165, 1.54) is 19.3 Å². The number of rotatable bonds is 5. The molecule has 0 heterocycles. The zero-order valence-electron chi connectivity index (χ0n) is 13.3. The Hall–Kier alpha value is -0.890. The van der Waals surface area contributed by atoms with E-state index < -0.39 is 0 Å². The molecule has 0 spiro atoms. The van der Waals surface area contributed by atoms with E-state index in [9.17, 15) is 4.39 Å². The number of hydrogen-bond donors (Lipinski definition) is 1. The molecule has 0 aliphatic heterocycles. The van der Waals surface area contributed by atoms with Gasteiger partial charge < -0.3 is 5.32 Å². The Balaban J connectivity index is 2.31. The molecule has 1 aromatic carbocycles.